The molecule has 160 valence electrons. The maximum absolute atomic E-state index is 12.3. The van der Waals surface area contributed by atoms with Gasteiger partial charge in [0, 0.05) is 19.5 Å². The maximum atomic E-state index is 12.3. The molecular formula is C21H26N4O3S2. The molecule has 0 saturated carbocycles. The molecule has 0 saturated heterocycles. The first-order chi connectivity index (χ1) is 14.6. The zero-order valence-electron chi connectivity index (χ0n) is 17.1. The Balaban J connectivity index is 1.51. The van der Waals surface area contributed by atoms with Crippen molar-refractivity contribution in [2.24, 2.45) is 0 Å². The van der Waals surface area contributed by atoms with E-state index in [0.717, 1.165) is 27.8 Å². The van der Waals surface area contributed by atoms with E-state index in [1.807, 2.05) is 54.1 Å². The predicted octanol–water partition coefficient (Wildman–Crippen LogP) is 4.22. The Labute approximate surface area is 185 Å². The number of rotatable bonds is 11. The van der Waals surface area contributed by atoms with E-state index >= 15 is 0 Å². The van der Waals surface area contributed by atoms with Crippen LogP contribution in [0.1, 0.15) is 25.8 Å². The molecule has 2 N–H and O–H groups in total. The summed E-state index contributed by atoms with van der Waals surface area (Å²) in [6.45, 7) is 6.07. The average molecular weight is 447 g/mol. The number of carbonyl (C=O) groups is 1. The highest BCUT2D eigenvalue weighted by Crippen LogP contribution is 2.28. The fourth-order valence-electron chi connectivity index (χ4n) is 3.02. The molecule has 0 radical (unpaired) electrons. The van der Waals surface area contributed by atoms with Gasteiger partial charge in [-0.15, -0.1) is 11.3 Å². The van der Waals surface area contributed by atoms with Crippen LogP contribution in [0.3, 0.4) is 0 Å². The second-order valence-corrected chi connectivity index (χ2v) is 7.81. The Kier molecular flexibility index (Phi) is 8.04. The molecule has 0 spiro atoms. The number of benzene rings is 1. The van der Waals surface area contributed by atoms with Gasteiger partial charge in [0.2, 0.25) is 5.91 Å². The lowest BCUT2D eigenvalue weighted by Gasteiger charge is -2.13. The van der Waals surface area contributed by atoms with E-state index in [1.54, 1.807) is 11.3 Å². The number of nitrogens with zero attached hydrogens (tertiary/aromatic N) is 2. The summed E-state index contributed by atoms with van der Waals surface area (Å²) in [5.74, 6) is 2.22. The molecule has 2 heterocycles. The van der Waals surface area contributed by atoms with Crippen molar-refractivity contribution >= 4 is 29.5 Å². The third-order valence-electron chi connectivity index (χ3n) is 4.41. The first kappa shape index (κ1) is 22.0. The smallest absolute Gasteiger partial charge is 0.221 e. The molecule has 1 aromatic carbocycles. The third kappa shape index (κ3) is 5.70. The summed E-state index contributed by atoms with van der Waals surface area (Å²) in [5.41, 5.74) is 1.08. The van der Waals surface area contributed by atoms with E-state index in [2.05, 4.69) is 15.5 Å². The van der Waals surface area contributed by atoms with Gasteiger partial charge in [-0.05, 0) is 61.6 Å². The van der Waals surface area contributed by atoms with Crippen molar-refractivity contribution in [1.82, 2.24) is 20.1 Å². The largest absolute Gasteiger partial charge is 0.490 e. The van der Waals surface area contributed by atoms with Gasteiger partial charge in [0.15, 0.2) is 22.1 Å². The van der Waals surface area contributed by atoms with Gasteiger partial charge in [-0.3, -0.25) is 14.5 Å². The summed E-state index contributed by atoms with van der Waals surface area (Å²) in [7, 11) is 0. The average Bonchev–Trinajstić information content (AvgIpc) is 3.38. The van der Waals surface area contributed by atoms with Crippen LogP contribution >= 0.6 is 23.6 Å². The van der Waals surface area contributed by atoms with E-state index in [-0.39, 0.29) is 5.91 Å². The Bertz CT molecular complexity index is 1010. The Morgan fingerprint density at radius 1 is 1.23 bits per heavy atom. The maximum Gasteiger partial charge on any atom is 0.221 e. The minimum Gasteiger partial charge on any atom is -0.490 e. The van der Waals surface area contributed by atoms with Gasteiger partial charge < -0.3 is 14.8 Å². The summed E-state index contributed by atoms with van der Waals surface area (Å²) in [4.78, 5) is 13.3. The molecular weight excluding hydrogens is 420 g/mol. The molecule has 0 unspecified atom stereocenters. The van der Waals surface area contributed by atoms with E-state index in [1.165, 1.54) is 0 Å². The van der Waals surface area contributed by atoms with Gasteiger partial charge in [0.05, 0.1) is 18.1 Å². The topological polar surface area (TPSA) is 81.2 Å². The molecule has 3 rings (SSSR count). The minimum absolute atomic E-state index is 0.0220. The highest BCUT2D eigenvalue weighted by molar-refractivity contribution is 7.71. The van der Waals surface area contributed by atoms with Crippen molar-refractivity contribution in [2.75, 3.05) is 19.8 Å². The molecule has 0 bridgehead atoms. The summed E-state index contributed by atoms with van der Waals surface area (Å²) < 4.78 is 13.6. The second-order valence-electron chi connectivity index (χ2n) is 6.48. The van der Waals surface area contributed by atoms with Crippen molar-refractivity contribution in [2.45, 2.75) is 33.2 Å². The molecule has 0 atom stereocenters. The number of thiophene rings is 1. The first-order valence-corrected chi connectivity index (χ1v) is 11.3. The molecule has 7 nitrogen and oxygen atoms in total. The van der Waals surface area contributed by atoms with Crippen molar-refractivity contribution in [3.8, 4) is 22.2 Å². The molecule has 30 heavy (non-hydrogen) atoms. The van der Waals surface area contributed by atoms with Gasteiger partial charge in [0.1, 0.15) is 0 Å². The monoisotopic (exact) mass is 446 g/mol. The van der Waals surface area contributed by atoms with Gasteiger partial charge >= 0.3 is 0 Å². The molecule has 3 aromatic rings. The number of carbonyl (C=O) groups excluding carboxylic acids is 1. The van der Waals surface area contributed by atoms with Crippen LogP contribution in [0.15, 0.2) is 35.7 Å². The zero-order valence-corrected chi connectivity index (χ0v) is 18.8. The second kappa shape index (κ2) is 10.9. The quantitative estimate of drug-likeness (QED) is 0.431. The lowest BCUT2D eigenvalue weighted by atomic mass is 10.1. The van der Waals surface area contributed by atoms with E-state index in [9.17, 15) is 4.79 Å². The van der Waals surface area contributed by atoms with Crippen molar-refractivity contribution in [3.05, 3.63) is 46.0 Å². The van der Waals surface area contributed by atoms with E-state index in [4.69, 9.17) is 21.7 Å². The SMILES string of the molecule is CCOc1ccc(CCNC(=O)CCn2c(-c3cccs3)n[nH]c2=S)cc1OCC. The standard InChI is InChI=1S/C21H26N4O3S2/c1-3-27-16-8-7-15(14-17(16)28-4-2)9-11-22-19(26)10-12-25-20(23-24-21(25)29)18-6-5-13-30-18/h5-8,13-14H,3-4,9-12H2,1-2H3,(H,22,26)(H,24,29). The van der Waals surface area contributed by atoms with Gasteiger partial charge in [-0.2, -0.15) is 5.10 Å². The number of H-pyrrole nitrogens is 1. The highest BCUT2D eigenvalue weighted by Gasteiger charge is 2.11. The van der Waals surface area contributed by atoms with Crippen molar-refractivity contribution < 1.29 is 14.3 Å². The van der Waals surface area contributed by atoms with Gasteiger partial charge in [-0.1, -0.05) is 12.1 Å². The first-order valence-electron chi connectivity index (χ1n) is 9.96. The Morgan fingerprint density at radius 3 is 2.77 bits per heavy atom. The van der Waals surface area contributed by atoms with Crippen molar-refractivity contribution in [3.63, 3.8) is 0 Å². The number of aromatic nitrogens is 3. The number of ether oxygens (including phenoxy) is 2. The molecule has 0 fully saturated rings. The van der Waals surface area contributed by atoms with Crippen LogP contribution in [0.25, 0.3) is 10.7 Å². The summed E-state index contributed by atoms with van der Waals surface area (Å²) in [6, 6.07) is 9.83. The molecule has 0 aliphatic carbocycles. The van der Waals surface area contributed by atoms with Gasteiger partial charge in [0.25, 0.3) is 0 Å². The fourth-order valence-corrected chi connectivity index (χ4v) is 3.96. The Morgan fingerprint density at radius 2 is 2.03 bits per heavy atom. The van der Waals surface area contributed by atoms with Crippen molar-refractivity contribution in [1.29, 1.82) is 0 Å². The van der Waals surface area contributed by atoms with Crippen LogP contribution in [0.5, 0.6) is 11.5 Å². The highest BCUT2D eigenvalue weighted by atomic mass is 32.1. The van der Waals surface area contributed by atoms with E-state index < -0.39 is 0 Å². The third-order valence-corrected chi connectivity index (χ3v) is 5.58. The normalized spacial score (nSPS) is 10.7. The summed E-state index contributed by atoms with van der Waals surface area (Å²) in [6.07, 6.45) is 1.05. The molecule has 1 amide bonds. The van der Waals surface area contributed by atoms with Crippen LogP contribution in [0.4, 0.5) is 0 Å². The zero-order chi connectivity index (χ0) is 21.3. The lowest BCUT2D eigenvalue weighted by molar-refractivity contribution is -0.121. The van der Waals surface area contributed by atoms with Crippen LogP contribution in [0, 0.1) is 4.77 Å². The number of aromatic amines is 1. The number of hydrogen-bond donors (Lipinski definition) is 2. The Hall–Kier alpha value is -2.65. The number of nitrogens with one attached hydrogen (secondary N) is 2. The molecule has 0 aliphatic rings. The number of hydrogen-bond acceptors (Lipinski definition) is 6. The van der Waals surface area contributed by atoms with E-state index in [0.29, 0.717) is 43.9 Å². The fraction of sp³-hybridized carbons (Fsp3) is 0.381. The summed E-state index contributed by atoms with van der Waals surface area (Å²) >= 11 is 6.90. The molecule has 0 aliphatic heterocycles. The number of amides is 1. The molecule has 2 aromatic heterocycles. The van der Waals surface area contributed by atoms with Crippen LogP contribution in [0.2, 0.25) is 0 Å². The lowest BCUT2D eigenvalue weighted by Crippen LogP contribution is -2.26. The van der Waals surface area contributed by atoms with Crippen LogP contribution in [-0.2, 0) is 17.8 Å². The molecule has 9 heteroatoms. The summed E-state index contributed by atoms with van der Waals surface area (Å²) in [5, 5.41) is 12.1. The van der Waals surface area contributed by atoms with Crippen LogP contribution in [-0.4, -0.2) is 40.4 Å². The van der Waals surface area contributed by atoms with Crippen LogP contribution < -0.4 is 14.8 Å². The van der Waals surface area contributed by atoms with Gasteiger partial charge in [-0.25, -0.2) is 0 Å². The predicted molar refractivity (Wildman–Crippen MR) is 121 cm³/mol. The minimum atomic E-state index is -0.0220.